The lowest BCUT2D eigenvalue weighted by Crippen LogP contribution is -2.20. The highest BCUT2D eigenvalue weighted by Gasteiger charge is 2.15. The Balaban J connectivity index is 2.01. The van der Waals surface area contributed by atoms with E-state index < -0.39 is 11.5 Å². The third-order valence-electron chi connectivity index (χ3n) is 3.10. The Morgan fingerprint density at radius 1 is 1.09 bits per heavy atom. The molecule has 0 saturated carbocycles. The van der Waals surface area contributed by atoms with Crippen LogP contribution in [0.1, 0.15) is 10.4 Å². The van der Waals surface area contributed by atoms with Crippen molar-refractivity contribution in [3.63, 3.8) is 0 Å². The van der Waals surface area contributed by atoms with Gasteiger partial charge in [-0.2, -0.15) is 0 Å². The number of carbonyl (C=O) groups is 1. The SMILES string of the molecule is O=C(Nc1ccc(Br)cc1)c1cc2cc(Cl)cc(Cl)c2oc1=O. The minimum atomic E-state index is -0.767. The van der Waals surface area contributed by atoms with Crippen LogP contribution in [0.15, 0.2) is 56.1 Å². The largest absolute Gasteiger partial charge is 0.421 e. The maximum absolute atomic E-state index is 12.3. The van der Waals surface area contributed by atoms with E-state index in [4.69, 9.17) is 27.6 Å². The van der Waals surface area contributed by atoms with Gasteiger partial charge in [0.2, 0.25) is 0 Å². The van der Waals surface area contributed by atoms with Gasteiger partial charge in [-0.15, -0.1) is 0 Å². The summed E-state index contributed by atoms with van der Waals surface area (Å²) in [5, 5.41) is 3.71. The highest BCUT2D eigenvalue weighted by atomic mass is 79.9. The van der Waals surface area contributed by atoms with Gasteiger partial charge in [0.1, 0.15) is 5.56 Å². The molecule has 0 unspecified atom stereocenters. The second-order valence-corrected chi connectivity index (χ2v) is 6.47. The van der Waals surface area contributed by atoms with Gasteiger partial charge in [0, 0.05) is 20.6 Å². The monoisotopic (exact) mass is 411 g/mol. The second-order valence-electron chi connectivity index (χ2n) is 4.71. The fourth-order valence-electron chi connectivity index (χ4n) is 2.05. The lowest BCUT2D eigenvalue weighted by atomic mass is 10.1. The lowest BCUT2D eigenvalue weighted by Gasteiger charge is -2.06. The number of amides is 1. The molecule has 0 aliphatic rings. The minimum absolute atomic E-state index is 0.126. The summed E-state index contributed by atoms with van der Waals surface area (Å²) in [5.41, 5.74) is -0.141. The lowest BCUT2D eigenvalue weighted by molar-refractivity contribution is 0.102. The maximum Gasteiger partial charge on any atom is 0.349 e. The Morgan fingerprint density at radius 3 is 2.48 bits per heavy atom. The van der Waals surface area contributed by atoms with E-state index in [1.807, 2.05) is 0 Å². The Bertz CT molecular complexity index is 967. The van der Waals surface area contributed by atoms with Gasteiger partial charge in [-0.25, -0.2) is 4.79 Å². The Morgan fingerprint density at radius 2 is 1.78 bits per heavy atom. The van der Waals surface area contributed by atoms with Crippen molar-refractivity contribution >= 4 is 61.7 Å². The predicted octanol–water partition coefficient (Wildman–Crippen LogP) is 5.11. The number of benzene rings is 2. The van der Waals surface area contributed by atoms with Crippen LogP contribution in [0.5, 0.6) is 0 Å². The van der Waals surface area contributed by atoms with Gasteiger partial charge in [0.05, 0.1) is 5.02 Å². The van der Waals surface area contributed by atoms with E-state index in [1.165, 1.54) is 12.1 Å². The molecule has 2 aromatic carbocycles. The molecule has 1 amide bonds. The predicted molar refractivity (Wildman–Crippen MR) is 94.6 cm³/mol. The van der Waals surface area contributed by atoms with Crippen molar-refractivity contribution in [3.8, 4) is 0 Å². The zero-order valence-corrected chi connectivity index (χ0v) is 14.5. The third kappa shape index (κ3) is 3.42. The van der Waals surface area contributed by atoms with Crippen LogP contribution in [0.3, 0.4) is 0 Å². The number of rotatable bonds is 2. The molecule has 23 heavy (non-hydrogen) atoms. The number of fused-ring (bicyclic) bond motifs is 1. The van der Waals surface area contributed by atoms with E-state index in [1.54, 1.807) is 30.3 Å². The smallest absolute Gasteiger partial charge is 0.349 e. The van der Waals surface area contributed by atoms with E-state index in [2.05, 4.69) is 21.2 Å². The molecule has 0 radical (unpaired) electrons. The average molecular weight is 413 g/mol. The fourth-order valence-corrected chi connectivity index (χ4v) is 2.86. The molecule has 0 saturated heterocycles. The van der Waals surface area contributed by atoms with Gasteiger partial charge < -0.3 is 9.73 Å². The standard InChI is InChI=1S/C16H8BrCl2NO3/c17-9-1-3-11(4-2-9)20-15(21)12-6-8-5-10(18)7-13(19)14(8)23-16(12)22/h1-7H,(H,20,21). The molecule has 1 aromatic heterocycles. The highest BCUT2D eigenvalue weighted by molar-refractivity contribution is 9.10. The molecule has 0 spiro atoms. The van der Waals surface area contributed by atoms with Gasteiger partial charge in [0.15, 0.2) is 5.58 Å². The van der Waals surface area contributed by atoms with E-state index >= 15 is 0 Å². The number of halogens is 3. The average Bonchev–Trinajstić information content (AvgIpc) is 2.50. The molecule has 7 heteroatoms. The van der Waals surface area contributed by atoms with Gasteiger partial charge in [-0.1, -0.05) is 39.1 Å². The van der Waals surface area contributed by atoms with Crippen molar-refractivity contribution < 1.29 is 9.21 Å². The molecule has 1 N–H and O–H groups in total. The van der Waals surface area contributed by atoms with Crippen molar-refractivity contribution in [1.29, 1.82) is 0 Å². The van der Waals surface area contributed by atoms with Crippen molar-refractivity contribution in [2.45, 2.75) is 0 Å². The fraction of sp³-hybridized carbons (Fsp3) is 0. The first-order valence-electron chi connectivity index (χ1n) is 6.44. The van der Waals surface area contributed by atoms with Crippen LogP contribution in [-0.4, -0.2) is 5.91 Å². The molecule has 3 rings (SSSR count). The zero-order valence-electron chi connectivity index (χ0n) is 11.4. The first kappa shape index (κ1) is 16.1. The number of hydrogen-bond acceptors (Lipinski definition) is 3. The van der Waals surface area contributed by atoms with Crippen LogP contribution < -0.4 is 10.9 Å². The van der Waals surface area contributed by atoms with Crippen LogP contribution in [0.25, 0.3) is 11.0 Å². The number of hydrogen-bond donors (Lipinski definition) is 1. The molecule has 3 aromatic rings. The van der Waals surface area contributed by atoms with Gasteiger partial charge >= 0.3 is 5.63 Å². The third-order valence-corrected chi connectivity index (χ3v) is 4.13. The van der Waals surface area contributed by atoms with Gasteiger partial charge in [0.25, 0.3) is 5.91 Å². The normalized spacial score (nSPS) is 10.7. The van der Waals surface area contributed by atoms with Gasteiger partial charge in [-0.05, 0) is 42.5 Å². The Labute approximate surface area is 149 Å². The first-order valence-corrected chi connectivity index (χ1v) is 7.99. The summed E-state index contributed by atoms with van der Waals surface area (Å²) < 4.78 is 6.02. The molecule has 0 aliphatic heterocycles. The molecule has 0 aliphatic carbocycles. The molecular weight excluding hydrogens is 405 g/mol. The van der Waals surface area contributed by atoms with E-state index in [-0.39, 0.29) is 16.2 Å². The van der Waals surface area contributed by atoms with E-state index in [9.17, 15) is 9.59 Å². The summed E-state index contributed by atoms with van der Waals surface area (Å²) in [4.78, 5) is 24.3. The minimum Gasteiger partial charge on any atom is -0.421 e. The van der Waals surface area contributed by atoms with Crippen molar-refractivity contribution in [2.75, 3.05) is 5.32 Å². The zero-order chi connectivity index (χ0) is 16.6. The highest BCUT2D eigenvalue weighted by Crippen LogP contribution is 2.27. The molecule has 0 atom stereocenters. The Kier molecular flexibility index (Phi) is 4.43. The summed E-state index contributed by atoms with van der Waals surface area (Å²) in [6.07, 6.45) is 0. The number of anilines is 1. The topological polar surface area (TPSA) is 59.3 Å². The first-order chi connectivity index (χ1) is 10.9. The second kappa shape index (κ2) is 6.35. The van der Waals surface area contributed by atoms with Crippen LogP contribution in [0, 0.1) is 0 Å². The summed E-state index contributed by atoms with van der Waals surface area (Å²) in [5.74, 6) is -0.570. The van der Waals surface area contributed by atoms with E-state index in [0.717, 1.165) is 4.47 Å². The van der Waals surface area contributed by atoms with Crippen molar-refractivity contribution in [2.24, 2.45) is 0 Å². The molecule has 4 nitrogen and oxygen atoms in total. The summed E-state index contributed by atoms with van der Waals surface area (Å²) in [6, 6.07) is 11.4. The molecule has 116 valence electrons. The van der Waals surface area contributed by atoms with Crippen LogP contribution in [0.4, 0.5) is 5.69 Å². The molecular formula is C16H8BrCl2NO3. The number of nitrogens with one attached hydrogen (secondary N) is 1. The van der Waals surface area contributed by atoms with Crippen molar-refractivity contribution in [3.05, 3.63) is 73.0 Å². The molecule has 0 fully saturated rings. The van der Waals surface area contributed by atoms with Crippen LogP contribution >= 0.6 is 39.1 Å². The quantitative estimate of drug-likeness (QED) is 0.594. The summed E-state index contributed by atoms with van der Waals surface area (Å²) >= 11 is 15.2. The Hall–Kier alpha value is -1.82. The van der Waals surface area contributed by atoms with Gasteiger partial charge in [-0.3, -0.25) is 4.79 Å². The van der Waals surface area contributed by atoms with Crippen LogP contribution in [0.2, 0.25) is 10.0 Å². The maximum atomic E-state index is 12.3. The van der Waals surface area contributed by atoms with Crippen molar-refractivity contribution in [1.82, 2.24) is 0 Å². The summed E-state index contributed by atoms with van der Waals surface area (Å²) in [7, 11) is 0. The summed E-state index contributed by atoms with van der Waals surface area (Å²) in [6.45, 7) is 0. The number of carbonyl (C=O) groups excluding carboxylic acids is 1. The molecule has 1 heterocycles. The van der Waals surface area contributed by atoms with E-state index in [0.29, 0.717) is 16.1 Å². The molecule has 0 bridgehead atoms. The van der Waals surface area contributed by atoms with Crippen LogP contribution in [-0.2, 0) is 0 Å².